The van der Waals surface area contributed by atoms with Crippen LogP contribution in [0.4, 0.5) is 0 Å². The molecular weight excluding hydrogens is 178 g/mol. The van der Waals surface area contributed by atoms with Crippen LogP contribution in [0.2, 0.25) is 0 Å². The Morgan fingerprint density at radius 3 is 2.58 bits per heavy atom. The van der Waals surface area contributed by atoms with E-state index < -0.39 is 0 Å². The lowest BCUT2D eigenvalue weighted by Gasteiger charge is -2.22. The van der Waals surface area contributed by atoms with E-state index in [1.165, 1.54) is 0 Å². The molecule has 1 N–H and O–H groups in total. The lowest BCUT2D eigenvalue weighted by atomic mass is 10.1. The van der Waals surface area contributed by atoms with E-state index in [0.717, 1.165) is 0 Å². The summed E-state index contributed by atoms with van der Waals surface area (Å²) in [7, 11) is 1.62. The molecule has 1 amide bonds. The van der Waals surface area contributed by atoms with Crippen molar-refractivity contribution in [2.45, 2.75) is 25.9 Å². The van der Waals surface area contributed by atoms with E-state index >= 15 is 0 Å². The van der Waals surface area contributed by atoms with Crippen LogP contribution in [0.3, 0.4) is 0 Å². The van der Waals surface area contributed by atoms with Crippen LogP contribution in [0.5, 0.6) is 0 Å². The molecule has 0 unspecified atom stereocenters. The normalized spacial score (nSPS) is 11.3. The van der Waals surface area contributed by atoms with E-state index in [-0.39, 0.29) is 11.5 Å². The second-order valence-corrected chi connectivity index (χ2v) is 3.56. The summed E-state index contributed by atoms with van der Waals surface area (Å²) in [5, 5.41) is 2.73. The molecule has 72 valence electrons. The van der Waals surface area contributed by atoms with E-state index in [0.29, 0.717) is 18.8 Å². The third-order valence-electron chi connectivity index (χ3n) is 1.59. The molecule has 3 nitrogen and oxygen atoms in total. The van der Waals surface area contributed by atoms with Gasteiger partial charge in [0.25, 0.3) is 0 Å². The number of alkyl halides is 1. The highest BCUT2D eigenvalue weighted by Crippen LogP contribution is 2.04. The molecule has 0 aliphatic rings. The largest absolute Gasteiger partial charge is 0.377 e. The summed E-state index contributed by atoms with van der Waals surface area (Å²) >= 11 is 5.39. The number of methoxy groups -OCH3 is 1. The Bertz CT molecular complexity index is 148. The third kappa shape index (κ3) is 5.38. The fraction of sp³-hybridized carbons (Fsp3) is 0.875. The van der Waals surface area contributed by atoms with Gasteiger partial charge in [-0.3, -0.25) is 4.79 Å². The van der Waals surface area contributed by atoms with Gasteiger partial charge < -0.3 is 10.1 Å². The van der Waals surface area contributed by atoms with E-state index in [4.69, 9.17) is 16.3 Å². The third-order valence-corrected chi connectivity index (χ3v) is 1.77. The van der Waals surface area contributed by atoms with E-state index in [9.17, 15) is 4.79 Å². The second-order valence-electron chi connectivity index (χ2n) is 3.18. The summed E-state index contributed by atoms with van der Waals surface area (Å²) in [5.41, 5.74) is -0.304. The highest BCUT2D eigenvalue weighted by atomic mass is 35.5. The molecule has 0 saturated heterocycles. The molecule has 0 aliphatic heterocycles. The predicted octanol–water partition coefficient (Wildman–Crippen LogP) is 1.16. The van der Waals surface area contributed by atoms with Gasteiger partial charge in [-0.25, -0.2) is 0 Å². The average Bonchev–Trinajstić information content (AvgIpc) is 2.02. The number of hydrogen-bond acceptors (Lipinski definition) is 2. The second kappa shape index (κ2) is 5.38. The van der Waals surface area contributed by atoms with Crippen LogP contribution < -0.4 is 5.32 Å². The molecule has 0 rings (SSSR count). The zero-order chi connectivity index (χ0) is 9.61. The molecule has 0 aromatic rings. The molecule has 0 fully saturated rings. The van der Waals surface area contributed by atoms with Crippen LogP contribution in [0.1, 0.15) is 20.3 Å². The van der Waals surface area contributed by atoms with Crippen LogP contribution in [0.25, 0.3) is 0 Å². The van der Waals surface area contributed by atoms with Crippen molar-refractivity contribution < 1.29 is 9.53 Å². The van der Waals surface area contributed by atoms with Crippen LogP contribution in [-0.2, 0) is 9.53 Å². The highest BCUT2D eigenvalue weighted by molar-refractivity contribution is 6.18. The first-order chi connectivity index (χ1) is 5.52. The quantitative estimate of drug-likeness (QED) is 0.666. The number of ether oxygens (including phenoxy) is 1. The van der Waals surface area contributed by atoms with E-state index in [1.807, 2.05) is 13.8 Å². The maximum absolute atomic E-state index is 11.0. The topological polar surface area (TPSA) is 38.3 Å². The van der Waals surface area contributed by atoms with Gasteiger partial charge in [0.1, 0.15) is 0 Å². The summed E-state index contributed by atoms with van der Waals surface area (Å²) in [5.74, 6) is 0.328. The minimum Gasteiger partial charge on any atom is -0.377 e. The maximum atomic E-state index is 11.0. The van der Waals surface area contributed by atoms with Crippen molar-refractivity contribution >= 4 is 17.5 Å². The molecule has 0 saturated carbocycles. The van der Waals surface area contributed by atoms with E-state index in [2.05, 4.69) is 5.32 Å². The summed E-state index contributed by atoms with van der Waals surface area (Å²) in [6.45, 7) is 4.33. The molecule has 0 radical (unpaired) electrons. The number of rotatable bonds is 5. The number of hydrogen-bond donors (Lipinski definition) is 1. The Morgan fingerprint density at radius 1 is 1.58 bits per heavy atom. The Kier molecular flexibility index (Phi) is 5.25. The Morgan fingerprint density at radius 2 is 2.17 bits per heavy atom. The predicted molar refractivity (Wildman–Crippen MR) is 49.4 cm³/mol. The minimum absolute atomic E-state index is 0.0323. The number of nitrogens with one attached hydrogen (secondary N) is 1. The van der Waals surface area contributed by atoms with Crippen LogP contribution >= 0.6 is 11.6 Å². The van der Waals surface area contributed by atoms with Gasteiger partial charge in [0.05, 0.1) is 5.60 Å². The first-order valence-electron chi connectivity index (χ1n) is 3.89. The van der Waals surface area contributed by atoms with Crippen LogP contribution in [-0.4, -0.2) is 31.0 Å². The van der Waals surface area contributed by atoms with Gasteiger partial charge in [0.15, 0.2) is 0 Å². The van der Waals surface area contributed by atoms with Crippen molar-refractivity contribution in [3.63, 3.8) is 0 Å². The molecule has 0 aromatic heterocycles. The SMILES string of the molecule is COC(C)(C)CNC(=O)CCCl. The lowest BCUT2D eigenvalue weighted by Crippen LogP contribution is -2.39. The van der Waals surface area contributed by atoms with Gasteiger partial charge in [-0.2, -0.15) is 0 Å². The first kappa shape index (κ1) is 11.7. The van der Waals surface area contributed by atoms with Crippen molar-refractivity contribution in [1.29, 1.82) is 0 Å². The number of amides is 1. The van der Waals surface area contributed by atoms with Crippen molar-refractivity contribution in [1.82, 2.24) is 5.32 Å². The Balaban J connectivity index is 3.60. The van der Waals surface area contributed by atoms with Gasteiger partial charge in [0.2, 0.25) is 5.91 Å². The molecule has 0 atom stereocenters. The molecule has 0 bridgehead atoms. The molecule has 0 spiro atoms. The molecule has 12 heavy (non-hydrogen) atoms. The van der Waals surface area contributed by atoms with Gasteiger partial charge in [-0.15, -0.1) is 11.6 Å². The van der Waals surface area contributed by atoms with Crippen molar-refractivity contribution in [2.24, 2.45) is 0 Å². The molecule has 0 aliphatic carbocycles. The van der Waals surface area contributed by atoms with Crippen LogP contribution in [0, 0.1) is 0 Å². The minimum atomic E-state index is -0.304. The zero-order valence-corrected chi connectivity index (χ0v) is 8.57. The van der Waals surface area contributed by atoms with Crippen molar-refractivity contribution in [2.75, 3.05) is 19.5 Å². The highest BCUT2D eigenvalue weighted by Gasteiger charge is 2.16. The maximum Gasteiger partial charge on any atom is 0.221 e. The average molecular weight is 194 g/mol. The van der Waals surface area contributed by atoms with Gasteiger partial charge in [-0.1, -0.05) is 0 Å². The number of carbonyl (C=O) groups is 1. The van der Waals surface area contributed by atoms with Crippen molar-refractivity contribution in [3.05, 3.63) is 0 Å². The smallest absolute Gasteiger partial charge is 0.221 e. The first-order valence-corrected chi connectivity index (χ1v) is 4.43. The Labute approximate surface area is 78.4 Å². The zero-order valence-electron chi connectivity index (χ0n) is 7.82. The van der Waals surface area contributed by atoms with Crippen molar-refractivity contribution in [3.8, 4) is 0 Å². The monoisotopic (exact) mass is 193 g/mol. The van der Waals surface area contributed by atoms with Gasteiger partial charge >= 0.3 is 0 Å². The van der Waals surface area contributed by atoms with Gasteiger partial charge in [0, 0.05) is 26.0 Å². The fourth-order valence-corrected chi connectivity index (χ4v) is 0.729. The summed E-state index contributed by atoms with van der Waals surface area (Å²) in [6, 6.07) is 0. The lowest BCUT2D eigenvalue weighted by molar-refractivity contribution is -0.121. The molecule has 4 heteroatoms. The van der Waals surface area contributed by atoms with E-state index in [1.54, 1.807) is 7.11 Å². The number of carbonyl (C=O) groups excluding carboxylic acids is 1. The fourth-order valence-electron chi connectivity index (χ4n) is 0.558. The number of halogens is 1. The van der Waals surface area contributed by atoms with Gasteiger partial charge in [-0.05, 0) is 13.8 Å². The standard InChI is InChI=1S/C8H16ClNO2/c1-8(2,12-3)6-10-7(11)4-5-9/h4-6H2,1-3H3,(H,10,11). The Hall–Kier alpha value is -0.280. The molecule has 0 aromatic carbocycles. The summed E-state index contributed by atoms with van der Waals surface area (Å²) in [4.78, 5) is 11.0. The van der Waals surface area contributed by atoms with Crippen LogP contribution in [0.15, 0.2) is 0 Å². The summed E-state index contributed by atoms with van der Waals surface area (Å²) < 4.78 is 5.12. The molecule has 0 heterocycles. The molecular formula is C8H16ClNO2. The summed E-state index contributed by atoms with van der Waals surface area (Å²) in [6.07, 6.45) is 0.362.